The van der Waals surface area contributed by atoms with Crippen LogP contribution in [0.5, 0.6) is 0 Å². The molecule has 0 aromatic heterocycles. The minimum Gasteiger partial charge on any atom is -0.125 e. The highest BCUT2D eigenvalue weighted by Crippen LogP contribution is 2.40. The Hall–Kier alpha value is -1.00. The van der Waals surface area contributed by atoms with Crippen molar-refractivity contribution < 1.29 is 0 Å². The molecule has 0 N–H and O–H groups in total. The Bertz CT molecular complexity index is 595. The van der Waals surface area contributed by atoms with Crippen LogP contribution in [0, 0.1) is 25.3 Å². The van der Waals surface area contributed by atoms with Crippen molar-refractivity contribution in [3.05, 3.63) is 34.4 Å². The molecule has 0 heterocycles. The maximum atomic E-state index is 3.90. The van der Waals surface area contributed by atoms with Gasteiger partial charge < -0.3 is 0 Å². The molecule has 0 spiro atoms. The molecule has 0 radical (unpaired) electrons. The predicted molar refractivity (Wildman–Crippen MR) is 126 cm³/mol. The van der Waals surface area contributed by atoms with Crippen LogP contribution >= 0.6 is 0 Å². The van der Waals surface area contributed by atoms with Crippen molar-refractivity contribution >= 4 is 8.07 Å². The van der Waals surface area contributed by atoms with E-state index in [9.17, 15) is 0 Å². The summed E-state index contributed by atoms with van der Waals surface area (Å²) in [5.41, 5.74) is 11.5. The number of hydrogen-bond donors (Lipinski definition) is 0. The molecule has 1 heteroatoms. The Morgan fingerprint density at radius 2 is 1.26 bits per heavy atom. The first-order chi connectivity index (χ1) is 12.7. The van der Waals surface area contributed by atoms with Gasteiger partial charge in [-0.15, -0.1) is 5.54 Å². The first kappa shape index (κ1) is 24.0. The Morgan fingerprint density at radius 1 is 0.778 bits per heavy atom. The van der Waals surface area contributed by atoms with Gasteiger partial charge in [-0.3, -0.25) is 0 Å². The molecular formula is C26H44Si. The van der Waals surface area contributed by atoms with Crippen LogP contribution in [0.1, 0.15) is 103 Å². The fourth-order valence-corrected chi connectivity index (χ4v) is 10.1. The summed E-state index contributed by atoms with van der Waals surface area (Å²) in [6, 6.07) is 4.78. The van der Waals surface area contributed by atoms with E-state index in [1.54, 1.807) is 0 Å². The minimum atomic E-state index is -1.66. The standard InChI is InChI=1S/C26H44Si/c1-10-11-12-13-14-15-25-18-23(8)26(24(9)19-25)16-17-27(20(2)3,21(4)5)22(6)7/h18-22H,10-15H2,1-9H3. The van der Waals surface area contributed by atoms with Crippen LogP contribution < -0.4 is 0 Å². The van der Waals surface area contributed by atoms with Crippen molar-refractivity contribution in [2.75, 3.05) is 0 Å². The molecule has 0 aliphatic heterocycles. The zero-order valence-electron chi connectivity index (χ0n) is 19.6. The largest absolute Gasteiger partial charge is 0.146 e. The molecule has 0 nitrogen and oxygen atoms in total. The molecule has 0 bridgehead atoms. The smallest absolute Gasteiger partial charge is 0.125 e. The van der Waals surface area contributed by atoms with Gasteiger partial charge in [0.15, 0.2) is 0 Å². The number of rotatable bonds is 9. The van der Waals surface area contributed by atoms with Crippen LogP contribution in [0.2, 0.25) is 16.6 Å². The molecular weight excluding hydrogens is 340 g/mol. The van der Waals surface area contributed by atoms with E-state index < -0.39 is 8.07 Å². The molecule has 0 atom stereocenters. The monoisotopic (exact) mass is 384 g/mol. The van der Waals surface area contributed by atoms with E-state index >= 15 is 0 Å². The SMILES string of the molecule is CCCCCCCc1cc(C)c(C#C[Si](C(C)C)(C(C)C)C(C)C)c(C)c1. The second-order valence-corrected chi connectivity index (χ2v) is 15.0. The van der Waals surface area contributed by atoms with Crippen LogP contribution in [0.4, 0.5) is 0 Å². The first-order valence-corrected chi connectivity index (χ1v) is 13.5. The molecule has 0 fully saturated rings. The van der Waals surface area contributed by atoms with Crippen molar-refractivity contribution in [3.8, 4) is 11.5 Å². The topological polar surface area (TPSA) is 0 Å². The van der Waals surface area contributed by atoms with Gasteiger partial charge in [-0.1, -0.05) is 92.2 Å². The van der Waals surface area contributed by atoms with Crippen molar-refractivity contribution in [2.24, 2.45) is 0 Å². The Labute approximate surface area is 171 Å². The summed E-state index contributed by atoms with van der Waals surface area (Å²) in [5, 5.41) is 0. The zero-order valence-corrected chi connectivity index (χ0v) is 20.6. The summed E-state index contributed by atoms with van der Waals surface area (Å²) in [5.74, 6) is 3.69. The van der Waals surface area contributed by atoms with Crippen LogP contribution in [0.15, 0.2) is 12.1 Å². The molecule has 0 unspecified atom stereocenters. The van der Waals surface area contributed by atoms with E-state index in [0.29, 0.717) is 16.6 Å². The molecule has 1 rings (SSSR count). The number of unbranched alkanes of at least 4 members (excludes halogenated alkanes) is 4. The van der Waals surface area contributed by atoms with Crippen LogP contribution in [0.25, 0.3) is 0 Å². The molecule has 0 amide bonds. The third kappa shape index (κ3) is 6.25. The first-order valence-electron chi connectivity index (χ1n) is 11.3. The van der Waals surface area contributed by atoms with E-state index in [2.05, 4.69) is 85.9 Å². The van der Waals surface area contributed by atoms with Crippen LogP contribution in [-0.2, 0) is 6.42 Å². The maximum absolute atomic E-state index is 3.90. The fraction of sp³-hybridized carbons (Fsp3) is 0.692. The van der Waals surface area contributed by atoms with E-state index in [1.165, 1.54) is 60.8 Å². The van der Waals surface area contributed by atoms with Crippen LogP contribution in [0.3, 0.4) is 0 Å². The summed E-state index contributed by atoms with van der Waals surface area (Å²) >= 11 is 0. The van der Waals surface area contributed by atoms with Gasteiger partial charge >= 0.3 is 0 Å². The lowest BCUT2D eigenvalue weighted by atomic mass is 9.97. The minimum absolute atomic E-state index is 0.688. The summed E-state index contributed by atoms with van der Waals surface area (Å²) in [7, 11) is -1.66. The summed E-state index contributed by atoms with van der Waals surface area (Å²) < 4.78 is 0. The number of aryl methyl sites for hydroxylation is 3. The van der Waals surface area contributed by atoms with Crippen LogP contribution in [-0.4, -0.2) is 8.07 Å². The van der Waals surface area contributed by atoms with Gasteiger partial charge in [0.05, 0.1) is 0 Å². The van der Waals surface area contributed by atoms with E-state index in [4.69, 9.17) is 0 Å². The fourth-order valence-electron chi connectivity index (χ4n) is 4.93. The van der Waals surface area contributed by atoms with Crippen molar-refractivity contribution in [1.29, 1.82) is 0 Å². The van der Waals surface area contributed by atoms with Gasteiger partial charge in [0.2, 0.25) is 0 Å². The quantitative estimate of drug-likeness (QED) is 0.228. The highest BCUT2D eigenvalue weighted by atomic mass is 28.3. The lowest BCUT2D eigenvalue weighted by Gasteiger charge is -2.38. The summed E-state index contributed by atoms with van der Waals surface area (Å²) in [6.45, 7) is 21.1. The molecule has 0 aliphatic carbocycles. The molecule has 1 aromatic carbocycles. The number of hydrogen-bond acceptors (Lipinski definition) is 0. The van der Waals surface area contributed by atoms with Gasteiger partial charge in [0.25, 0.3) is 0 Å². The number of benzene rings is 1. The van der Waals surface area contributed by atoms with E-state index in [-0.39, 0.29) is 0 Å². The molecule has 0 saturated heterocycles. The highest BCUT2D eigenvalue weighted by molar-refractivity contribution is 6.90. The van der Waals surface area contributed by atoms with E-state index in [1.807, 2.05) is 0 Å². The molecule has 1 aromatic rings. The van der Waals surface area contributed by atoms with Gasteiger partial charge in [-0.25, -0.2) is 0 Å². The predicted octanol–water partition coefficient (Wildman–Crippen LogP) is 8.39. The normalized spacial score (nSPS) is 12.0. The van der Waals surface area contributed by atoms with E-state index in [0.717, 1.165) is 0 Å². The second-order valence-electron chi connectivity index (χ2n) is 9.42. The lowest BCUT2D eigenvalue weighted by molar-refractivity contribution is 0.632. The van der Waals surface area contributed by atoms with Crippen molar-refractivity contribution in [3.63, 3.8) is 0 Å². The third-order valence-corrected chi connectivity index (χ3v) is 12.7. The second kappa shape index (κ2) is 11.1. The Balaban J connectivity index is 3.07. The lowest BCUT2D eigenvalue weighted by Crippen LogP contribution is -2.43. The maximum Gasteiger partial charge on any atom is 0.146 e. The molecule has 152 valence electrons. The average molecular weight is 385 g/mol. The third-order valence-electron chi connectivity index (χ3n) is 6.43. The molecule has 0 saturated carbocycles. The summed E-state index contributed by atoms with van der Waals surface area (Å²) in [6.07, 6.45) is 7.96. The van der Waals surface area contributed by atoms with Gasteiger partial charge in [-0.2, -0.15) is 0 Å². The van der Waals surface area contributed by atoms with Crippen molar-refractivity contribution in [1.82, 2.24) is 0 Å². The van der Waals surface area contributed by atoms with Gasteiger partial charge in [-0.05, 0) is 60.0 Å². The van der Waals surface area contributed by atoms with Crippen molar-refractivity contribution in [2.45, 2.75) is 117 Å². The molecule has 0 aliphatic rings. The molecule has 27 heavy (non-hydrogen) atoms. The highest BCUT2D eigenvalue weighted by Gasteiger charge is 2.41. The zero-order chi connectivity index (χ0) is 20.6. The Morgan fingerprint density at radius 3 is 1.70 bits per heavy atom. The average Bonchev–Trinajstić information content (AvgIpc) is 2.56. The summed E-state index contributed by atoms with van der Waals surface area (Å²) in [4.78, 5) is 0. The van der Waals surface area contributed by atoms with Gasteiger partial charge in [0.1, 0.15) is 8.07 Å². The Kier molecular flexibility index (Phi) is 9.89. The van der Waals surface area contributed by atoms with Gasteiger partial charge in [0, 0.05) is 5.56 Å².